The molecule has 3 heteroatoms. The van der Waals surface area contributed by atoms with Gasteiger partial charge in [-0.25, -0.2) is 0 Å². The number of carbonyl (C=O) groups is 1. The van der Waals surface area contributed by atoms with Crippen LogP contribution in [0.2, 0.25) is 0 Å². The molecule has 3 nitrogen and oxygen atoms in total. The van der Waals surface area contributed by atoms with E-state index in [9.17, 15) is 4.79 Å². The van der Waals surface area contributed by atoms with Crippen LogP contribution in [0.25, 0.3) is 0 Å². The summed E-state index contributed by atoms with van der Waals surface area (Å²) in [5.41, 5.74) is 2.08. The molecule has 1 saturated carbocycles. The summed E-state index contributed by atoms with van der Waals surface area (Å²) in [7, 11) is 2.02. The first-order valence-corrected chi connectivity index (χ1v) is 7.21. The number of aryl methyl sites for hydroxylation is 1. The quantitative estimate of drug-likeness (QED) is 0.873. The van der Waals surface area contributed by atoms with E-state index in [1.54, 1.807) is 0 Å². The second-order valence-electron chi connectivity index (χ2n) is 5.63. The molecular weight excluding hydrogens is 236 g/mol. The standard InChI is InChI=1S/C16H24N2O/c1-12-4-3-5-15(10-12)18-16(19)11-13-6-8-14(17-2)9-7-13/h3-5,10,13-14,17H,6-9,11H2,1-2H3,(H,18,19). The van der Waals surface area contributed by atoms with Gasteiger partial charge in [0.25, 0.3) is 0 Å². The zero-order valence-corrected chi connectivity index (χ0v) is 11.9. The molecule has 19 heavy (non-hydrogen) atoms. The molecule has 1 aliphatic rings. The fourth-order valence-corrected chi connectivity index (χ4v) is 2.85. The monoisotopic (exact) mass is 260 g/mol. The van der Waals surface area contributed by atoms with Crippen molar-refractivity contribution in [3.63, 3.8) is 0 Å². The molecule has 1 aromatic rings. The molecule has 1 fully saturated rings. The van der Waals surface area contributed by atoms with E-state index in [0.29, 0.717) is 18.4 Å². The van der Waals surface area contributed by atoms with Crippen LogP contribution in [0.5, 0.6) is 0 Å². The zero-order valence-electron chi connectivity index (χ0n) is 11.9. The molecule has 1 aliphatic carbocycles. The van der Waals surface area contributed by atoms with Crippen molar-refractivity contribution in [2.75, 3.05) is 12.4 Å². The van der Waals surface area contributed by atoms with Crippen molar-refractivity contribution in [3.05, 3.63) is 29.8 Å². The highest BCUT2D eigenvalue weighted by Gasteiger charge is 2.21. The van der Waals surface area contributed by atoms with E-state index in [-0.39, 0.29) is 5.91 Å². The SMILES string of the molecule is CNC1CCC(CC(=O)Nc2cccc(C)c2)CC1. The molecule has 0 aromatic heterocycles. The number of hydrogen-bond acceptors (Lipinski definition) is 2. The Bertz CT molecular complexity index is 423. The minimum Gasteiger partial charge on any atom is -0.326 e. The Morgan fingerprint density at radius 3 is 2.63 bits per heavy atom. The largest absolute Gasteiger partial charge is 0.326 e. The van der Waals surface area contributed by atoms with E-state index in [4.69, 9.17) is 0 Å². The Balaban J connectivity index is 1.79. The van der Waals surface area contributed by atoms with Gasteiger partial charge in [0.1, 0.15) is 0 Å². The van der Waals surface area contributed by atoms with Crippen LogP contribution in [0.4, 0.5) is 5.69 Å². The van der Waals surface area contributed by atoms with E-state index in [1.807, 2.05) is 38.2 Å². The van der Waals surface area contributed by atoms with Gasteiger partial charge in [-0.3, -0.25) is 4.79 Å². The third-order valence-electron chi connectivity index (χ3n) is 4.03. The molecule has 0 heterocycles. The molecule has 0 aliphatic heterocycles. The van der Waals surface area contributed by atoms with Gasteiger partial charge in [0.2, 0.25) is 5.91 Å². The number of nitrogens with one attached hydrogen (secondary N) is 2. The van der Waals surface area contributed by atoms with Crippen LogP contribution < -0.4 is 10.6 Å². The Morgan fingerprint density at radius 2 is 2.00 bits per heavy atom. The molecule has 1 aromatic carbocycles. The minimum absolute atomic E-state index is 0.151. The molecule has 2 rings (SSSR count). The number of benzene rings is 1. The number of rotatable bonds is 4. The Hall–Kier alpha value is -1.35. The maximum absolute atomic E-state index is 12.0. The van der Waals surface area contributed by atoms with Crippen molar-refractivity contribution in [2.45, 2.75) is 45.1 Å². The van der Waals surface area contributed by atoms with E-state index in [2.05, 4.69) is 10.6 Å². The molecule has 0 bridgehead atoms. The van der Waals surface area contributed by atoms with E-state index < -0.39 is 0 Å². The Kier molecular flexibility index (Phi) is 4.97. The molecule has 0 atom stereocenters. The van der Waals surface area contributed by atoms with Crippen LogP contribution in [-0.4, -0.2) is 19.0 Å². The molecule has 0 saturated heterocycles. The second kappa shape index (κ2) is 6.71. The fraction of sp³-hybridized carbons (Fsp3) is 0.562. The fourth-order valence-electron chi connectivity index (χ4n) is 2.85. The van der Waals surface area contributed by atoms with Gasteiger partial charge in [0, 0.05) is 18.2 Å². The highest BCUT2D eigenvalue weighted by atomic mass is 16.1. The maximum atomic E-state index is 12.0. The van der Waals surface area contributed by atoms with Crippen molar-refractivity contribution < 1.29 is 4.79 Å². The third kappa shape index (κ3) is 4.35. The van der Waals surface area contributed by atoms with Crippen molar-refractivity contribution in [1.82, 2.24) is 5.32 Å². The van der Waals surface area contributed by atoms with Crippen LogP contribution >= 0.6 is 0 Å². The molecule has 0 spiro atoms. The predicted molar refractivity (Wildman–Crippen MR) is 79.2 cm³/mol. The number of anilines is 1. The summed E-state index contributed by atoms with van der Waals surface area (Å²) in [5, 5.41) is 6.32. The average molecular weight is 260 g/mol. The van der Waals surface area contributed by atoms with Gasteiger partial charge in [0.05, 0.1) is 0 Å². The summed E-state index contributed by atoms with van der Waals surface area (Å²) in [4.78, 5) is 12.0. The van der Waals surface area contributed by atoms with Crippen LogP contribution in [-0.2, 0) is 4.79 Å². The lowest BCUT2D eigenvalue weighted by molar-refractivity contribution is -0.117. The van der Waals surface area contributed by atoms with Crippen molar-refractivity contribution in [2.24, 2.45) is 5.92 Å². The summed E-state index contributed by atoms with van der Waals surface area (Å²) in [5.74, 6) is 0.702. The first-order chi connectivity index (χ1) is 9.17. The smallest absolute Gasteiger partial charge is 0.224 e. The van der Waals surface area contributed by atoms with E-state index in [0.717, 1.165) is 18.5 Å². The number of carbonyl (C=O) groups excluding carboxylic acids is 1. The van der Waals surface area contributed by atoms with Gasteiger partial charge in [-0.1, -0.05) is 12.1 Å². The normalized spacial score (nSPS) is 23.1. The first-order valence-electron chi connectivity index (χ1n) is 7.21. The highest BCUT2D eigenvalue weighted by molar-refractivity contribution is 5.90. The molecule has 0 radical (unpaired) electrons. The van der Waals surface area contributed by atoms with Crippen molar-refractivity contribution in [1.29, 1.82) is 0 Å². The molecule has 1 amide bonds. The maximum Gasteiger partial charge on any atom is 0.224 e. The summed E-state index contributed by atoms with van der Waals surface area (Å²) < 4.78 is 0. The highest BCUT2D eigenvalue weighted by Crippen LogP contribution is 2.27. The van der Waals surface area contributed by atoms with Crippen molar-refractivity contribution >= 4 is 11.6 Å². The number of hydrogen-bond donors (Lipinski definition) is 2. The summed E-state index contributed by atoms with van der Waals surface area (Å²) >= 11 is 0. The van der Waals surface area contributed by atoms with Gasteiger partial charge < -0.3 is 10.6 Å². The molecule has 104 valence electrons. The third-order valence-corrected chi connectivity index (χ3v) is 4.03. The van der Waals surface area contributed by atoms with Gasteiger partial charge in [-0.15, -0.1) is 0 Å². The zero-order chi connectivity index (χ0) is 13.7. The second-order valence-corrected chi connectivity index (χ2v) is 5.63. The molecular formula is C16H24N2O. The van der Waals surface area contributed by atoms with Crippen LogP contribution in [0.1, 0.15) is 37.7 Å². The molecule has 2 N–H and O–H groups in total. The lowest BCUT2D eigenvalue weighted by atomic mass is 9.84. The van der Waals surface area contributed by atoms with Gasteiger partial charge >= 0.3 is 0 Å². The Labute approximate surface area is 115 Å². The predicted octanol–water partition coefficient (Wildman–Crippen LogP) is 3.10. The van der Waals surface area contributed by atoms with Crippen LogP contribution in [0, 0.1) is 12.8 Å². The van der Waals surface area contributed by atoms with Crippen LogP contribution in [0.3, 0.4) is 0 Å². The minimum atomic E-state index is 0.151. The lowest BCUT2D eigenvalue weighted by Crippen LogP contribution is -2.31. The van der Waals surface area contributed by atoms with Gasteiger partial charge in [-0.05, 0) is 63.3 Å². The molecule has 0 unspecified atom stereocenters. The Morgan fingerprint density at radius 1 is 1.26 bits per heavy atom. The van der Waals surface area contributed by atoms with E-state index in [1.165, 1.54) is 18.4 Å². The first kappa shape index (κ1) is 14.1. The van der Waals surface area contributed by atoms with Crippen molar-refractivity contribution in [3.8, 4) is 0 Å². The topological polar surface area (TPSA) is 41.1 Å². The van der Waals surface area contributed by atoms with Gasteiger partial charge in [-0.2, -0.15) is 0 Å². The summed E-state index contributed by atoms with van der Waals surface area (Å²) in [6.07, 6.45) is 5.36. The number of amides is 1. The lowest BCUT2D eigenvalue weighted by Gasteiger charge is -2.27. The van der Waals surface area contributed by atoms with E-state index >= 15 is 0 Å². The summed E-state index contributed by atoms with van der Waals surface area (Å²) in [6, 6.07) is 8.62. The van der Waals surface area contributed by atoms with Crippen LogP contribution in [0.15, 0.2) is 24.3 Å². The average Bonchev–Trinajstić information content (AvgIpc) is 2.39. The van der Waals surface area contributed by atoms with Gasteiger partial charge in [0.15, 0.2) is 0 Å². The summed E-state index contributed by atoms with van der Waals surface area (Å²) in [6.45, 7) is 2.04.